The maximum Gasteiger partial charge on any atom is 0.490 e. The topological polar surface area (TPSA) is 124 Å². The number of anilines is 2. The van der Waals surface area contributed by atoms with Gasteiger partial charge in [-0.05, 0) is 63.4 Å². The summed E-state index contributed by atoms with van der Waals surface area (Å²) in [5.41, 5.74) is 3.21. The number of carbonyl (C=O) groups is 2. The van der Waals surface area contributed by atoms with Gasteiger partial charge in [0.15, 0.2) is 0 Å². The first-order chi connectivity index (χ1) is 16.5. The molecular weight excluding hydrogens is 501 g/mol. The lowest BCUT2D eigenvalue weighted by molar-refractivity contribution is -0.192. The Hall–Kier alpha value is -3.28. The van der Waals surface area contributed by atoms with Crippen molar-refractivity contribution in [3.05, 3.63) is 52.6 Å². The molecule has 36 heavy (non-hydrogen) atoms. The molecule has 0 fully saturated rings. The number of nitrogens with one attached hydrogen (secondary N) is 1. The van der Waals surface area contributed by atoms with E-state index in [1.54, 1.807) is 26.0 Å². The normalized spacial score (nSPS) is 11.3. The molecule has 0 unspecified atom stereocenters. The van der Waals surface area contributed by atoms with E-state index in [0.29, 0.717) is 23.4 Å². The number of unbranched alkanes of at least 4 members (excludes halogenated alkanes) is 1. The molecule has 0 amide bonds. The monoisotopic (exact) mass is 532 g/mol. The molecule has 2 aromatic carbocycles. The minimum atomic E-state index is -5.08. The van der Waals surface area contributed by atoms with Crippen molar-refractivity contribution in [1.29, 1.82) is 0 Å². The van der Waals surface area contributed by atoms with Crippen LogP contribution in [0.25, 0.3) is 0 Å². The fourth-order valence-corrected chi connectivity index (χ4v) is 5.15. The average Bonchev–Trinajstić information content (AvgIpc) is 2.73. The van der Waals surface area contributed by atoms with E-state index in [2.05, 4.69) is 11.6 Å². The summed E-state index contributed by atoms with van der Waals surface area (Å²) in [7, 11) is -3.84. The Balaban J connectivity index is 0.000000809. The van der Waals surface area contributed by atoms with Gasteiger partial charge in [-0.15, -0.1) is 0 Å². The second-order valence-corrected chi connectivity index (χ2v) is 9.73. The van der Waals surface area contributed by atoms with Gasteiger partial charge in [-0.1, -0.05) is 31.0 Å². The number of nitrogens with zero attached hydrogens (tertiary/aromatic N) is 1. The molecule has 0 aliphatic carbocycles. The lowest BCUT2D eigenvalue weighted by atomic mass is 10.1. The number of carboxylic acid groups (broad SMARTS) is 2. The number of rotatable bonds is 9. The molecule has 2 rings (SSSR count). The van der Waals surface area contributed by atoms with Crippen LogP contribution in [0.1, 0.15) is 53.7 Å². The molecule has 3 N–H and O–H groups in total. The van der Waals surface area contributed by atoms with Gasteiger partial charge in [0.1, 0.15) is 0 Å². The van der Waals surface area contributed by atoms with E-state index in [9.17, 15) is 31.5 Å². The first-order valence-corrected chi connectivity index (χ1v) is 12.6. The van der Waals surface area contributed by atoms with Crippen molar-refractivity contribution in [3.8, 4) is 0 Å². The fourth-order valence-electron chi connectivity index (χ4n) is 3.64. The van der Waals surface area contributed by atoms with Crippen LogP contribution in [0.2, 0.25) is 0 Å². The van der Waals surface area contributed by atoms with Crippen LogP contribution in [0.5, 0.6) is 0 Å². The molecule has 0 bridgehead atoms. The molecule has 0 heterocycles. The maximum atomic E-state index is 13.0. The van der Waals surface area contributed by atoms with Gasteiger partial charge in [-0.2, -0.15) is 13.2 Å². The van der Waals surface area contributed by atoms with E-state index in [1.165, 1.54) is 6.07 Å². The molecule has 0 saturated carbocycles. The number of hydrogen-bond acceptors (Lipinski definition) is 5. The Morgan fingerprint density at radius 3 is 1.94 bits per heavy atom. The van der Waals surface area contributed by atoms with Crippen molar-refractivity contribution in [2.75, 3.05) is 22.7 Å². The minimum Gasteiger partial charge on any atom is -0.478 e. The number of carboxylic acids is 2. The number of sulfonamides is 1. The third-order valence-corrected chi connectivity index (χ3v) is 6.78. The Morgan fingerprint density at radius 1 is 1.00 bits per heavy atom. The minimum absolute atomic E-state index is 0.0838. The molecule has 8 nitrogen and oxygen atoms in total. The van der Waals surface area contributed by atoms with Crippen molar-refractivity contribution in [1.82, 2.24) is 0 Å². The number of aromatic carboxylic acids is 1. The summed E-state index contributed by atoms with van der Waals surface area (Å²) < 4.78 is 60.3. The summed E-state index contributed by atoms with van der Waals surface area (Å²) in [5, 5.41) is 16.8. The quantitative estimate of drug-likeness (QED) is 0.397. The maximum absolute atomic E-state index is 13.0. The zero-order valence-corrected chi connectivity index (χ0v) is 21.5. The number of alkyl halides is 3. The Bertz CT molecular complexity index is 1170. The van der Waals surface area contributed by atoms with Crippen molar-refractivity contribution < 1.29 is 41.4 Å². The Kier molecular flexibility index (Phi) is 10.8. The molecular formula is C24H31F3N2O6S. The van der Waals surface area contributed by atoms with E-state index in [1.807, 2.05) is 30.9 Å². The zero-order valence-electron chi connectivity index (χ0n) is 20.7. The predicted molar refractivity (Wildman–Crippen MR) is 131 cm³/mol. The van der Waals surface area contributed by atoms with Gasteiger partial charge in [0.2, 0.25) is 0 Å². The van der Waals surface area contributed by atoms with Crippen LogP contribution >= 0.6 is 0 Å². The van der Waals surface area contributed by atoms with Gasteiger partial charge in [-0.3, -0.25) is 4.72 Å². The molecule has 200 valence electrons. The number of benzene rings is 2. The van der Waals surface area contributed by atoms with Crippen LogP contribution in [0.3, 0.4) is 0 Å². The summed E-state index contributed by atoms with van der Waals surface area (Å²) in [6, 6.07) is 8.32. The molecule has 0 saturated heterocycles. The van der Waals surface area contributed by atoms with Crippen LogP contribution < -0.4 is 9.62 Å². The van der Waals surface area contributed by atoms with Crippen LogP contribution in [-0.4, -0.2) is 49.8 Å². The van der Waals surface area contributed by atoms with E-state index >= 15 is 0 Å². The van der Waals surface area contributed by atoms with Gasteiger partial charge < -0.3 is 15.1 Å². The third-order valence-electron chi connectivity index (χ3n) is 5.10. The van der Waals surface area contributed by atoms with Gasteiger partial charge in [-0.25, -0.2) is 18.0 Å². The second kappa shape index (κ2) is 12.6. The van der Waals surface area contributed by atoms with E-state index in [4.69, 9.17) is 9.90 Å². The van der Waals surface area contributed by atoms with Crippen molar-refractivity contribution in [2.24, 2.45) is 0 Å². The van der Waals surface area contributed by atoms with Crippen molar-refractivity contribution in [2.45, 2.75) is 58.5 Å². The number of halogens is 3. The highest BCUT2D eigenvalue weighted by atomic mass is 32.2. The molecule has 0 radical (unpaired) electrons. The molecule has 12 heteroatoms. The predicted octanol–water partition coefficient (Wildman–Crippen LogP) is 5.37. The molecule has 0 atom stereocenters. The standard InChI is InChI=1S/C22H30N2O4S.C2HF3O2/c1-6-8-11-24(7-2)20-10-9-18(14-19(20)22(25)26)23-29(27,28)21-16(4)12-15(3)13-17(21)5;3-2(4,5)1(6)7/h9-10,12-14,23H,6-8,11H2,1-5H3,(H,25,26);(H,6,7). The van der Waals surface area contributed by atoms with Crippen LogP contribution in [-0.2, 0) is 14.8 Å². The van der Waals surface area contributed by atoms with Gasteiger partial charge >= 0.3 is 18.1 Å². The average molecular weight is 533 g/mol. The van der Waals surface area contributed by atoms with E-state index in [-0.39, 0.29) is 16.1 Å². The van der Waals surface area contributed by atoms with E-state index in [0.717, 1.165) is 24.9 Å². The first-order valence-electron chi connectivity index (χ1n) is 11.1. The summed E-state index contributed by atoms with van der Waals surface area (Å²) >= 11 is 0. The van der Waals surface area contributed by atoms with Crippen LogP contribution in [0.4, 0.5) is 24.5 Å². The summed E-state index contributed by atoms with van der Waals surface area (Å²) in [6.45, 7) is 10.9. The molecule has 0 aromatic heterocycles. The highest BCUT2D eigenvalue weighted by Gasteiger charge is 2.38. The number of aliphatic carboxylic acids is 1. The third kappa shape index (κ3) is 8.43. The highest BCUT2D eigenvalue weighted by molar-refractivity contribution is 7.92. The zero-order chi connectivity index (χ0) is 27.8. The second-order valence-electron chi connectivity index (χ2n) is 8.11. The van der Waals surface area contributed by atoms with Gasteiger partial charge in [0.05, 0.1) is 16.1 Å². The Labute approximate surface area is 208 Å². The highest BCUT2D eigenvalue weighted by Crippen LogP contribution is 2.28. The van der Waals surface area contributed by atoms with Crippen LogP contribution in [0.15, 0.2) is 35.2 Å². The first kappa shape index (κ1) is 30.8. The molecule has 0 aliphatic rings. The molecule has 2 aromatic rings. The van der Waals surface area contributed by atoms with Gasteiger partial charge in [0.25, 0.3) is 10.0 Å². The molecule has 0 aliphatic heterocycles. The largest absolute Gasteiger partial charge is 0.490 e. The van der Waals surface area contributed by atoms with Crippen molar-refractivity contribution in [3.63, 3.8) is 0 Å². The lowest BCUT2D eigenvalue weighted by Gasteiger charge is -2.25. The summed E-state index contributed by atoms with van der Waals surface area (Å²) in [5.74, 6) is -3.84. The smallest absolute Gasteiger partial charge is 0.478 e. The SMILES string of the molecule is CCCCN(CC)c1ccc(NS(=O)(=O)c2c(C)cc(C)cc2C)cc1C(=O)O.O=C(O)C(F)(F)F. The van der Waals surface area contributed by atoms with Crippen molar-refractivity contribution >= 4 is 33.3 Å². The number of hydrogen-bond donors (Lipinski definition) is 3. The Morgan fingerprint density at radius 2 is 1.53 bits per heavy atom. The van der Waals surface area contributed by atoms with E-state index < -0.39 is 28.1 Å². The lowest BCUT2D eigenvalue weighted by Crippen LogP contribution is -2.26. The fraction of sp³-hybridized carbons (Fsp3) is 0.417. The summed E-state index contributed by atoms with van der Waals surface area (Å²) in [4.78, 5) is 23.0. The molecule has 0 spiro atoms. The summed E-state index contributed by atoms with van der Waals surface area (Å²) in [6.07, 6.45) is -3.13. The van der Waals surface area contributed by atoms with Gasteiger partial charge in [0, 0.05) is 18.8 Å². The van der Waals surface area contributed by atoms with Crippen LogP contribution in [0, 0.1) is 20.8 Å². The number of aryl methyl sites for hydroxylation is 3.